The molecule has 17 heavy (non-hydrogen) atoms. The Labute approximate surface area is 109 Å². The fourth-order valence-corrected chi connectivity index (χ4v) is 3.46. The van der Waals surface area contributed by atoms with E-state index < -0.39 is 0 Å². The molecule has 0 radical (unpaired) electrons. The van der Waals surface area contributed by atoms with Crippen molar-refractivity contribution in [1.82, 2.24) is 0 Å². The second kappa shape index (κ2) is 5.92. The summed E-state index contributed by atoms with van der Waals surface area (Å²) in [7, 11) is 0. The predicted molar refractivity (Wildman–Crippen MR) is 77.4 cm³/mol. The summed E-state index contributed by atoms with van der Waals surface area (Å²) in [6.45, 7) is 4.53. The first kappa shape index (κ1) is 13.0. The molecule has 1 aromatic rings. The van der Waals surface area contributed by atoms with E-state index in [4.69, 9.17) is 5.73 Å². The number of thioether (sulfide) groups is 1. The summed E-state index contributed by atoms with van der Waals surface area (Å²) in [5.74, 6) is 4.57. The fraction of sp³-hybridized carbons (Fsp3) is 0.600. The summed E-state index contributed by atoms with van der Waals surface area (Å²) in [6.07, 6.45) is 1.29. The second-order valence-electron chi connectivity index (χ2n) is 5.51. The zero-order valence-electron chi connectivity index (χ0n) is 10.8. The molecule has 2 rings (SSSR count). The first-order valence-corrected chi connectivity index (χ1v) is 7.72. The van der Waals surface area contributed by atoms with Gasteiger partial charge in [-0.25, -0.2) is 0 Å². The van der Waals surface area contributed by atoms with Crippen LogP contribution in [0.2, 0.25) is 0 Å². The van der Waals surface area contributed by atoms with E-state index in [1.54, 1.807) is 0 Å². The van der Waals surface area contributed by atoms with Gasteiger partial charge >= 0.3 is 0 Å². The summed E-state index contributed by atoms with van der Waals surface area (Å²) in [4.78, 5) is 0. The molecule has 0 bridgehead atoms. The number of hydrogen-bond acceptors (Lipinski definition) is 2. The van der Waals surface area contributed by atoms with E-state index in [-0.39, 0.29) is 0 Å². The Bertz CT molecular complexity index is 336. The third-order valence-corrected chi connectivity index (χ3v) is 4.90. The first-order valence-electron chi connectivity index (χ1n) is 6.56. The van der Waals surface area contributed by atoms with Crippen LogP contribution in [0.5, 0.6) is 0 Å². The highest BCUT2D eigenvalue weighted by molar-refractivity contribution is 7.99. The van der Waals surface area contributed by atoms with Crippen molar-refractivity contribution in [1.29, 1.82) is 0 Å². The van der Waals surface area contributed by atoms with Crippen molar-refractivity contribution in [3.05, 3.63) is 35.9 Å². The average Bonchev–Trinajstić information content (AvgIpc) is 3.09. The Morgan fingerprint density at radius 3 is 2.59 bits per heavy atom. The molecule has 1 saturated carbocycles. The van der Waals surface area contributed by atoms with Gasteiger partial charge < -0.3 is 5.73 Å². The lowest BCUT2D eigenvalue weighted by molar-refractivity contribution is 0.638. The van der Waals surface area contributed by atoms with Gasteiger partial charge in [-0.3, -0.25) is 0 Å². The maximum atomic E-state index is 6.27. The van der Waals surface area contributed by atoms with Crippen molar-refractivity contribution >= 4 is 11.8 Å². The van der Waals surface area contributed by atoms with Gasteiger partial charge in [0, 0.05) is 11.8 Å². The SMILES string of the molecule is CC(C)CSCC(N)C1CC1c1ccccc1. The van der Waals surface area contributed by atoms with Gasteiger partial charge in [-0.15, -0.1) is 0 Å². The molecule has 1 nitrogen and oxygen atoms in total. The maximum Gasteiger partial charge on any atom is 0.0165 e. The highest BCUT2D eigenvalue weighted by atomic mass is 32.2. The molecule has 0 aliphatic heterocycles. The molecule has 1 aromatic carbocycles. The van der Waals surface area contributed by atoms with Crippen LogP contribution in [0.4, 0.5) is 0 Å². The van der Waals surface area contributed by atoms with Crippen molar-refractivity contribution in [3.63, 3.8) is 0 Å². The summed E-state index contributed by atoms with van der Waals surface area (Å²) in [5, 5.41) is 0. The molecule has 1 fully saturated rings. The zero-order valence-corrected chi connectivity index (χ0v) is 11.6. The Balaban J connectivity index is 1.75. The lowest BCUT2D eigenvalue weighted by Gasteiger charge is -2.12. The normalized spacial score (nSPS) is 24.9. The molecular weight excluding hydrogens is 226 g/mol. The van der Waals surface area contributed by atoms with Crippen molar-refractivity contribution in [2.24, 2.45) is 17.6 Å². The van der Waals surface area contributed by atoms with Crippen LogP contribution in [0.25, 0.3) is 0 Å². The average molecular weight is 249 g/mol. The predicted octanol–water partition coefficient (Wildman–Crippen LogP) is 3.51. The zero-order chi connectivity index (χ0) is 12.3. The molecule has 3 unspecified atom stereocenters. The van der Waals surface area contributed by atoms with E-state index in [0.717, 1.165) is 23.5 Å². The van der Waals surface area contributed by atoms with Crippen LogP contribution in [-0.4, -0.2) is 17.5 Å². The fourth-order valence-electron chi connectivity index (χ4n) is 2.33. The quantitative estimate of drug-likeness (QED) is 0.835. The van der Waals surface area contributed by atoms with E-state index in [2.05, 4.69) is 44.2 Å². The van der Waals surface area contributed by atoms with Crippen molar-refractivity contribution < 1.29 is 0 Å². The van der Waals surface area contributed by atoms with E-state index in [1.807, 2.05) is 11.8 Å². The Hall–Kier alpha value is -0.470. The first-order chi connectivity index (χ1) is 8.18. The van der Waals surface area contributed by atoms with Gasteiger partial charge in [0.15, 0.2) is 0 Å². The molecule has 2 N–H and O–H groups in total. The Morgan fingerprint density at radius 1 is 1.24 bits per heavy atom. The molecule has 0 saturated heterocycles. The van der Waals surface area contributed by atoms with Gasteiger partial charge in [0.2, 0.25) is 0 Å². The van der Waals surface area contributed by atoms with Crippen LogP contribution >= 0.6 is 11.8 Å². The van der Waals surface area contributed by atoms with E-state index in [1.165, 1.54) is 17.7 Å². The topological polar surface area (TPSA) is 26.0 Å². The van der Waals surface area contributed by atoms with Crippen LogP contribution in [0.1, 0.15) is 31.7 Å². The second-order valence-corrected chi connectivity index (χ2v) is 6.59. The Kier molecular flexibility index (Phi) is 4.52. The summed E-state index contributed by atoms with van der Waals surface area (Å²) >= 11 is 2.01. The van der Waals surface area contributed by atoms with Crippen LogP contribution in [0.15, 0.2) is 30.3 Å². The standard InChI is InChI=1S/C15H23NS/c1-11(2)9-17-10-15(16)14-8-13(14)12-6-4-3-5-7-12/h3-7,11,13-15H,8-10,16H2,1-2H3. The molecule has 0 heterocycles. The van der Waals surface area contributed by atoms with Crippen LogP contribution in [0, 0.1) is 11.8 Å². The van der Waals surface area contributed by atoms with Gasteiger partial charge in [-0.05, 0) is 35.5 Å². The largest absolute Gasteiger partial charge is 0.327 e. The van der Waals surface area contributed by atoms with Gasteiger partial charge in [0.25, 0.3) is 0 Å². The van der Waals surface area contributed by atoms with Gasteiger partial charge in [0.05, 0.1) is 0 Å². The molecule has 0 amide bonds. The smallest absolute Gasteiger partial charge is 0.0165 e. The minimum absolute atomic E-state index is 0.379. The van der Waals surface area contributed by atoms with E-state index >= 15 is 0 Å². The minimum atomic E-state index is 0.379. The lowest BCUT2D eigenvalue weighted by atomic mass is 10.1. The van der Waals surface area contributed by atoms with Gasteiger partial charge in [-0.1, -0.05) is 44.2 Å². The molecular formula is C15H23NS. The van der Waals surface area contributed by atoms with E-state index in [9.17, 15) is 0 Å². The third-order valence-electron chi connectivity index (χ3n) is 3.38. The summed E-state index contributed by atoms with van der Waals surface area (Å²) < 4.78 is 0. The molecule has 0 spiro atoms. The number of rotatable bonds is 6. The molecule has 1 aliphatic carbocycles. The Morgan fingerprint density at radius 2 is 1.94 bits per heavy atom. The van der Waals surface area contributed by atoms with Gasteiger partial charge in [0.1, 0.15) is 0 Å². The molecule has 3 atom stereocenters. The van der Waals surface area contributed by atoms with Crippen molar-refractivity contribution in [2.75, 3.05) is 11.5 Å². The summed E-state index contributed by atoms with van der Waals surface area (Å²) in [5.41, 5.74) is 7.75. The molecule has 94 valence electrons. The van der Waals surface area contributed by atoms with Gasteiger partial charge in [-0.2, -0.15) is 11.8 Å². The van der Waals surface area contributed by atoms with Crippen molar-refractivity contribution in [3.8, 4) is 0 Å². The number of benzene rings is 1. The molecule has 1 aliphatic rings. The highest BCUT2D eigenvalue weighted by Gasteiger charge is 2.41. The monoisotopic (exact) mass is 249 g/mol. The highest BCUT2D eigenvalue weighted by Crippen LogP contribution is 2.49. The van der Waals surface area contributed by atoms with Crippen LogP contribution in [0.3, 0.4) is 0 Å². The van der Waals surface area contributed by atoms with Crippen molar-refractivity contribution in [2.45, 2.75) is 32.2 Å². The minimum Gasteiger partial charge on any atom is -0.327 e. The van der Waals surface area contributed by atoms with Crippen LogP contribution < -0.4 is 5.73 Å². The maximum absolute atomic E-state index is 6.27. The summed E-state index contributed by atoms with van der Waals surface area (Å²) in [6, 6.07) is 11.2. The molecule has 0 aromatic heterocycles. The number of nitrogens with two attached hydrogens (primary N) is 1. The number of hydrogen-bond donors (Lipinski definition) is 1. The van der Waals surface area contributed by atoms with Crippen LogP contribution in [-0.2, 0) is 0 Å². The molecule has 2 heteroatoms. The third kappa shape index (κ3) is 3.75. The van der Waals surface area contributed by atoms with E-state index in [0.29, 0.717) is 6.04 Å². The lowest BCUT2D eigenvalue weighted by Crippen LogP contribution is -2.26.